The molecule has 1 saturated carbocycles. The maximum Gasteiger partial charge on any atom is 0.238 e. The second-order valence-corrected chi connectivity index (χ2v) is 5.37. The lowest BCUT2D eigenvalue weighted by Gasteiger charge is -2.39. The van der Waals surface area contributed by atoms with E-state index in [0.717, 1.165) is 6.54 Å². The molecule has 0 aromatic carbocycles. The summed E-state index contributed by atoms with van der Waals surface area (Å²) in [4.78, 5) is 19.1. The van der Waals surface area contributed by atoms with E-state index in [1.54, 1.807) is 6.08 Å². The van der Waals surface area contributed by atoms with Gasteiger partial charge < -0.3 is 5.73 Å². The molecular weight excluding hydrogens is 242 g/mol. The molecule has 1 fully saturated rings. The molecule has 5 heteroatoms. The van der Waals surface area contributed by atoms with Gasteiger partial charge in [0.25, 0.3) is 0 Å². The highest BCUT2D eigenvalue weighted by Crippen LogP contribution is 2.41. The number of carbonyl (C=O) groups is 1. The van der Waals surface area contributed by atoms with Crippen molar-refractivity contribution in [1.82, 2.24) is 9.96 Å². The number of nitrogens with zero attached hydrogens (tertiary/aromatic N) is 2. The molecule has 0 aromatic heterocycles. The zero-order chi connectivity index (χ0) is 14.0. The molecule has 0 unspecified atom stereocenters. The van der Waals surface area contributed by atoms with Crippen LogP contribution in [0.2, 0.25) is 0 Å². The predicted molar refractivity (Wildman–Crippen MR) is 74.1 cm³/mol. The number of hydroxylamine groups is 2. The van der Waals surface area contributed by atoms with Crippen molar-refractivity contribution in [2.45, 2.75) is 24.9 Å². The molecule has 0 spiro atoms. The minimum atomic E-state index is -0.292. The number of hydrogen-bond acceptors (Lipinski definition) is 4. The van der Waals surface area contributed by atoms with Gasteiger partial charge >= 0.3 is 0 Å². The largest absolute Gasteiger partial charge is 0.368 e. The van der Waals surface area contributed by atoms with E-state index in [1.807, 2.05) is 30.1 Å². The number of rotatable bonds is 6. The highest BCUT2D eigenvalue weighted by Gasteiger charge is 2.39. The first-order chi connectivity index (χ1) is 9.04. The summed E-state index contributed by atoms with van der Waals surface area (Å²) in [6.07, 6.45) is 6.16. The molecule has 0 aromatic rings. The van der Waals surface area contributed by atoms with Crippen molar-refractivity contribution in [3.05, 3.63) is 24.3 Å². The number of amides is 1. The predicted octanol–water partition coefficient (Wildman–Crippen LogP) is 0.540. The summed E-state index contributed by atoms with van der Waals surface area (Å²) < 4.78 is 0. The number of hydrogen-bond donors (Lipinski definition) is 1. The van der Waals surface area contributed by atoms with Crippen LogP contribution in [-0.4, -0.2) is 55.2 Å². The molecule has 106 valence electrons. The van der Waals surface area contributed by atoms with Gasteiger partial charge in [0.05, 0.1) is 12.6 Å². The molecule has 0 bridgehead atoms. The molecular formula is C14H23N3O2. The van der Waals surface area contributed by atoms with Crippen molar-refractivity contribution in [3.8, 4) is 0 Å². The minimum Gasteiger partial charge on any atom is -0.368 e. The Balaban J connectivity index is 2.15. The fourth-order valence-electron chi connectivity index (χ4n) is 2.62. The summed E-state index contributed by atoms with van der Waals surface area (Å²) in [5.41, 5.74) is 6.76. The average molecular weight is 265 g/mol. The van der Waals surface area contributed by atoms with Crippen molar-refractivity contribution in [3.63, 3.8) is 0 Å². The van der Waals surface area contributed by atoms with Crippen LogP contribution in [0.3, 0.4) is 0 Å². The van der Waals surface area contributed by atoms with Crippen LogP contribution in [0.5, 0.6) is 0 Å². The maximum absolute atomic E-state index is 11.5. The number of nitrogens with two attached hydrogens (primary N) is 1. The Kier molecular flexibility index (Phi) is 4.39. The smallest absolute Gasteiger partial charge is 0.238 e. The molecule has 0 radical (unpaired) electrons. The molecule has 2 atom stereocenters. The fourth-order valence-corrected chi connectivity index (χ4v) is 2.62. The van der Waals surface area contributed by atoms with Gasteiger partial charge in [-0.1, -0.05) is 12.2 Å². The van der Waals surface area contributed by atoms with E-state index >= 15 is 0 Å². The molecule has 19 heavy (non-hydrogen) atoms. The first-order valence-corrected chi connectivity index (χ1v) is 6.72. The van der Waals surface area contributed by atoms with Crippen LogP contribution in [0, 0.1) is 5.92 Å². The standard InChI is InChI=1S/C14H23N3O2/c1-4-7-19-17(3)13-9-16(2)12(14(15)18)8-11(13)10-5-6-10/h4,8,10,12-13H,1,5-7,9H2,2-3H3,(H2,15,18)/t12-,13-/m0/s1. The Morgan fingerprint density at radius 1 is 1.68 bits per heavy atom. The molecule has 0 saturated heterocycles. The molecule has 1 aliphatic heterocycles. The highest BCUT2D eigenvalue weighted by molar-refractivity contribution is 5.82. The summed E-state index contributed by atoms with van der Waals surface area (Å²) in [6, 6.07) is -0.104. The number of primary amides is 1. The van der Waals surface area contributed by atoms with Crippen LogP contribution in [0.15, 0.2) is 24.3 Å². The number of carbonyl (C=O) groups excluding carboxylic acids is 1. The lowest BCUT2D eigenvalue weighted by molar-refractivity contribution is -0.156. The van der Waals surface area contributed by atoms with Gasteiger partial charge in [-0.2, -0.15) is 5.06 Å². The van der Waals surface area contributed by atoms with Crippen molar-refractivity contribution in [1.29, 1.82) is 0 Å². The first-order valence-electron chi connectivity index (χ1n) is 6.72. The van der Waals surface area contributed by atoms with E-state index in [1.165, 1.54) is 18.4 Å². The van der Waals surface area contributed by atoms with Crippen LogP contribution in [0.1, 0.15) is 12.8 Å². The third-order valence-electron chi connectivity index (χ3n) is 3.85. The Morgan fingerprint density at radius 3 is 2.89 bits per heavy atom. The topological polar surface area (TPSA) is 58.8 Å². The molecule has 2 rings (SSSR count). The van der Waals surface area contributed by atoms with Gasteiger partial charge in [0.2, 0.25) is 5.91 Å². The molecule has 2 aliphatic rings. The van der Waals surface area contributed by atoms with Gasteiger partial charge in [0.15, 0.2) is 0 Å². The van der Waals surface area contributed by atoms with Gasteiger partial charge in [-0.15, -0.1) is 6.58 Å². The van der Waals surface area contributed by atoms with Gasteiger partial charge in [0, 0.05) is 13.6 Å². The average Bonchev–Trinajstić information content (AvgIpc) is 3.19. The Morgan fingerprint density at radius 2 is 2.37 bits per heavy atom. The SMILES string of the molecule is C=CCON(C)[C@H]1CN(C)[C@H](C(N)=O)C=C1C1CC1. The quantitative estimate of drug-likeness (QED) is 0.562. The van der Waals surface area contributed by atoms with E-state index in [4.69, 9.17) is 10.6 Å². The van der Waals surface area contributed by atoms with E-state index < -0.39 is 0 Å². The molecule has 1 aliphatic carbocycles. The maximum atomic E-state index is 11.5. The van der Waals surface area contributed by atoms with Crippen molar-refractivity contribution in [2.24, 2.45) is 11.7 Å². The zero-order valence-corrected chi connectivity index (χ0v) is 11.7. The molecule has 2 N–H and O–H groups in total. The Bertz CT molecular complexity index is 390. The normalized spacial score (nSPS) is 28.3. The number of likely N-dealkylation sites (N-methyl/N-ethyl adjacent to an activating group) is 2. The van der Waals surface area contributed by atoms with Gasteiger partial charge in [0.1, 0.15) is 6.04 Å². The summed E-state index contributed by atoms with van der Waals surface area (Å²) in [5.74, 6) is 0.309. The second kappa shape index (κ2) is 5.86. The van der Waals surface area contributed by atoms with Gasteiger partial charge in [-0.05, 0) is 31.4 Å². The lowest BCUT2D eigenvalue weighted by Crippen LogP contribution is -2.53. The monoisotopic (exact) mass is 265 g/mol. The van der Waals surface area contributed by atoms with Crippen LogP contribution in [0.4, 0.5) is 0 Å². The second-order valence-electron chi connectivity index (χ2n) is 5.37. The fraction of sp³-hybridized carbons (Fsp3) is 0.643. The van der Waals surface area contributed by atoms with E-state index in [2.05, 4.69) is 6.58 Å². The summed E-state index contributed by atoms with van der Waals surface area (Å²) >= 11 is 0. The van der Waals surface area contributed by atoms with Gasteiger partial charge in [-0.25, -0.2) is 0 Å². The van der Waals surface area contributed by atoms with Crippen LogP contribution < -0.4 is 5.73 Å². The summed E-state index contributed by atoms with van der Waals surface area (Å²) in [6.45, 7) is 4.90. The highest BCUT2D eigenvalue weighted by atomic mass is 16.7. The minimum absolute atomic E-state index is 0.188. The first kappa shape index (κ1) is 14.2. The molecule has 5 nitrogen and oxygen atoms in total. The third kappa shape index (κ3) is 3.23. The van der Waals surface area contributed by atoms with Gasteiger partial charge in [-0.3, -0.25) is 14.5 Å². The van der Waals surface area contributed by atoms with Crippen molar-refractivity contribution in [2.75, 3.05) is 27.2 Å². The lowest BCUT2D eigenvalue weighted by atomic mass is 9.94. The molecule has 1 heterocycles. The summed E-state index contributed by atoms with van der Waals surface area (Å²) in [7, 11) is 3.85. The van der Waals surface area contributed by atoms with E-state index in [-0.39, 0.29) is 18.0 Å². The zero-order valence-electron chi connectivity index (χ0n) is 11.7. The van der Waals surface area contributed by atoms with E-state index in [9.17, 15) is 4.79 Å². The van der Waals surface area contributed by atoms with E-state index in [0.29, 0.717) is 12.5 Å². The van der Waals surface area contributed by atoms with Crippen LogP contribution in [-0.2, 0) is 9.63 Å². The Labute approximate surface area is 114 Å². The van der Waals surface area contributed by atoms with Crippen LogP contribution in [0.25, 0.3) is 0 Å². The molecule has 1 amide bonds. The Hall–Kier alpha value is -1.17. The summed E-state index contributed by atoms with van der Waals surface area (Å²) in [5, 5.41) is 1.87. The van der Waals surface area contributed by atoms with Crippen molar-refractivity contribution >= 4 is 5.91 Å². The van der Waals surface area contributed by atoms with Crippen molar-refractivity contribution < 1.29 is 9.63 Å². The van der Waals surface area contributed by atoms with Crippen LogP contribution >= 0.6 is 0 Å². The third-order valence-corrected chi connectivity index (χ3v) is 3.85.